The Morgan fingerprint density at radius 3 is 2.59 bits per heavy atom. The number of nitrogens with one attached hydrogen (secondary N) is 1. The fourth-order valence-corrected chi connectivity index (χ4v) is 5.04. The topological polar surface area (TPSA) is 50.1 Å². The second kappa shape index (κ2) is 5.34. The van der Waals surface area contributed by atoms with Gasteiger partial charge in [-0.15, -0.1) is 0 Å². The number of nitrogens with zero attached hydrogens (tertiary/aromatic N) is 2. The zero-order chi connectivity index (χ0) is 16.1. The van der Waals surface area contributed by atoms with Crippen molar-refractivity contribution < 1.29 is 5.11 Å². The summed E-state index contributed by atoms with van der Waals surface area (Å²) in [4.78, 5) is 0. The Bertz CT molecular complexity index is 563. The number of aryl methyl sites for hydroxylation is 1. The number of hydrogen-bond acceptors (Lipinski definition) is 3. The fourth-order valence-electron chi connectivity index (χ4n) is 5.04. The van der Waals surface area contributed by atoms with Crippen LogP contribution < -0.4 is 5.32 Å². The van der Waals surface area contributed by atoms with E-state index in [9.17, 15) is 0 Å². The Morgan fingerprint density at radius 2 is 2.05 bits per heavy atom. The first-order chi connectivity index (χ1) is 10.3. The van der Waals surface area contributed by atoms with Crippen molar-refractivity contribution in [3.8, 4) is 0 Å². The van der Waals surface area contributed by atoms with E-state index in [2.05, 4.69) is 45.0 Å². The van der Waals surface area contributed by atoms with Crippen LogP contribution in [0.5, 0.6) is 0 Å². The maximum Gasteiger partial charge on any atom is 0.0644 e. The molecule has 4 nitrogen and oxygen atoms in total. The molecule has 124 valence electrons. The first-order valence-electron chi connectivity index (χ1n) is 8.68. The average molecular weight is 305 g/mol. The van der Waals surface area contributed by atoms with Crippen molar-refractivity contribution in [2.24, 2.45) is 16.7 Å². The molecule has 0 aliphatic heterocycles. The van der Waals surface area contributed by atoms with Crippen LogP contribution in [0.15, 0.2) is 0 Å². The van der Waals surface area contributed by atoms with E-state index in [1.54, 1.807) is 0 Å². The minimum Gasteiger partial charge on any atom is -0.394 e. The number of fused-ring (bicyclic) bond motifs is 2. The van der Waals surface area contributed by atoms with Gasteiger partial charge in [-0.2, -0.15) is 5.10 Å². The van der Waals surface area contributed by atoms with Crippen LogP contribution in [-0.4, -0.2) is 27.5 Å². The highest BCUT2D eigenvalue weighted by Gasteiger charge is 2.60. The van der Waals surface area contributed by atoms with Gasteiger partial charge in [0, 0.05) is 23.8 Å². The molecule has 0 amide bonds. The van der Waals surface area contributed by atoms with Crippen LogP contribution in [0.2, 0.25) is 0 Å². The van der Waals surface area contributed by atoms with Crippen molar-refractivity contribution in [1.29, 1.82) is 0 Å². The quantitative estimate of drug-likeness (QED) is 0.879. The smallest absolute Gasteiger partial charge is 0.0644 e. The molecule has 0 aromatic carbocycles. The average Bonchev–Trinajstić information content (AvgIpc) is 2.92. The summed E-state index contributed by atoms with van der Waals surface area (Å²) in [6.45, 7) is 13.2. The highest BCUT2D eigenvalue weighted by Crippen LogP contribution is 2.65. The monoisotopic (exact) mass is 305 g/mol. The van der Waals surface area contributed by atoms with Crippen LogP contribution in [0.4, 0.5) is 0 Å². The standard InChI is InChI=1S/C18H31N3O/c1-12-15(13(2)21(20-12)8-9-22)11-19-16-10-14-6-7-18(16,5)17(14,3)4/h14,16,19,22H,6-11H2,1-5H3. The first-order valence-corrected chi connectivity index (χ1v) is 8.68. The summed E-state index contributed by atoms with van der Waals surface area (Å²) < 4.78 is 1.93. The molecule has 1 aromatic heterocycles. The van der Waals surface area contributed by atoms with E-state index in [4.69, 9.17) is 5.11 Å². The summed E-state index contributed by atoms with van der Waals surface area (Å²) in [5, 5.41) is 17.5. The van der Waals surface area contributed by atoms with E-state index in [0.717, 1.165) is 18.2 Å². The molecule has 4 heteroatoms. The molecular formula is C18H31N3O. The van der Waals surface area contributed by atoms with Crippen molar-refractivity contribution in [2.45, 2.75) is 73.0 Å². The SMILES string of the molecule is Cc1nn(CCO)c(C)c1CNC1CC2CCC1(C)C2(C)C. The summed E-state index contributed by atoms with van der Waals surface area (Å²) >= 11 is 0. The maximum atomic E-state index is 9.13. The lowest BCUT2D eigenvalue weighted by atomic mass is 9.69. The van der Waals surface area contributed by atoms with E-state index < -0.39 is 0 Å². The largest absolute Gasteiger partial charge is 0.394 e. The van der Waals surface area contributed by atoms with Gasteiger partial charge in [-0.25, -0.2) is 0 Å². The number of aliphatic hydroxyl groups is 1. The van der Waals surface area contributed by atoms with E-state index in [1.807, 2.05) is 4.68 Å². The Balaban J connectivity index is 1.72. The molecule has 3 unspecified atom stereocenters. The highest BCUT2D eigenvalue weighted by molar-refractivity contribution is 5.25. The van der Waals surface area contributed by atoms with Crippen LogP contribution in [0, 0.1) is 30.6 Å². The number of aromatic nitrogens is 2. The fraction of sp³-hybridized carbons (Fsp3) is 0.833. The molecule has 0 saturated heterocycles. The van der Waals surface area contributed by atoms with Gasteiger partial charge in [0.25, 0.3) is 0 Å². The molecule has 2 N–H and O–H groups in total. The van der Waals surface area contributed by atoms with Gasteiger partial charge in [-0.3, -0.25) is 4.68 Å². The Kier molecular flexibility index (Phi) is 3.89. The van der Waals surface area contributed by atoms with Gasteiger partial charge >= 0.3 is 0 Å². The van der Waals surface area contributed by atoms with E-state index in [1.165, 1.54) is 30.5 Å². The second-order valence-electron chi connectivity index (χ2n) is 8.14. The third-order valence-corrected chi connectivity index (χ3v) is 7.16. The van der Waals surface area contributed by atoms with Gasteiger partial charge in [0.15, 0.2) is 0 Å². The van der Waals surface area contributed by atoms with Gasteiger partial charge in [0.05, 0.1) is 18.8 Å². The minimum atomic E-state index is 0.144. The predicted octanol–water partition coefficient (Wildman–Crippen LogP) is 2.80. The molecule has 2 fully saturated rings. The Labute approximate surface area is 134 Å². The molecule has 3 atom stereocenters. The van der Waals surface area contributed by atoms with Gasteiger partial charge in [-0.05, 0) is 49.9 Å². The summed E-state index contributed by atoms with van der Waals surface area (Å²) in [5.74, 6) is 0.870. The molecule has 2 aliphatic carbocycles. The van der Waals surface area contributed by atoms with Crippen LogP contribution in [-0.2, 0) is 13.1 Å². The van der Waals surface area contributed by atoms with E-state index in [-0.39, 0.29) is 6.61 Å². The summed E-state index contributed by atoms with van der Waals surface area (Å²) in [6.07, 6.45) is 4.06. The van der Waals surface area contributed by atoms with Crippen LogP contribution in [0.1, 0.15) is 57.0 Å². The summed E-state index contributed by atoms with van der Waals surface area (Å²) in [5.41, 5.74) is 4.45. The highest BCUT2D eigenvalue weighted by atomic mass is 16.3. The molecule has 3 rings (SSSR count). The Hall–Kier alpha value is -0.870. The van der Waals surface area contributed by atoms with E-state index in [0.29, 0.717) is 23.4 Å². The van der Waals surface area contributed by atoms with Crippen molar-refractivity contribution >= 4 is 0 Å². The Morgan fingerprint density at radius 1 is 1.32 bits per heavy atom. The van der Waals surface area contributed by atoms with Crippen molar-refractivity contribution in [3.63, 3.8) is 0 Å². The van der Waals surface area contributed by atoms with Gasteiger partial charge in [-0.1, -0.05) is 20.8 Å². The zero-order valence-corrected chi connectivity index (χ0v) is 14.7. The number of hydrogen-bond donors (Lipinski definition) is 2. The lowest BCUT2D eigenvalue weighted by molar-refractivity contribution is 0.120. The third kappa shape index (κ3) is 2.15. The summed E-state index contributed by atoms with van der Waals surface area (Å²) in [7, 11) is 0. The minimum absolute atomic E-state index is 0.144. The van der Waals surface area contributed by atoms with Gasteiger partial charge in [0.2, 0.25) is 0 Å². The normalized spacial score (nSPS) is 32.8. The molecule has 2 bridgehead atoms. The molecule has 0 radical (unpaired) electrons. The third-order valence-electron chi connectivity index (χ3n) is 7.16. The van der Waals surface area contributed by atoms with Crippen LogP contribution in [0.25, 0.3) is 0 Å². The second-order valence-corrected chi connectivity index (χ2v) is 8.14. The van der Waals surface area contributed by atoms with E-state index >= 15 is 0 Å². The van der Waals surface area contributed by atoms with Crippen molar-refractivity contribution in [1.82, 2.24) is 15.1 Å². The number of rotatable bonds is 5. The molecule has 0 spiro atoms. The molecule has 1 aromatic rings. The van der Waals surface area contributed by atoms with Crippen LogP contribution >= 0.6 is 0 Å². The van der Waals surface area contributed by atoms with Crippen molar-refractivity contribution in [3.05, 3.63) is 17.0 Å². The molecule has 22 heavy (non-hydrogen) atoms. The lowest BCUT2D eigenvalue weighted by Crippen LogP contribution is -2.44. The number of aliphatic hydroxyl groups excluding tert-OH is 1. The van der Waals surface area contributed by atoms with Gasteiger partial charge < -0.3 is 10.4 Å². The molecule has 2 aliphatic rings. The maximum absolute atomic E-state index is 9.13. The molecule has 2 saturated carbocycles. The zero-order valence-electron chi connectivity index (χ0n) is 14.7. The summed E-state index contributed by atoms with van der Waals surface area (Å²) in [6, 6.07) is 0.612. The molecular weight excluding hydrogens is 274 g/mol. The lowest BCUT2D eigenvalue weighted by Gasteiger charge is -2.39. The molecule has 1 heterocycles. The van der Waals surface area contributed by atoms with Crippen molar-refractivity contribution in [2.75, 3.05) is 6.61 Å². The van der Waals surface area contributed by atoms with Crippen LogP contribution in [0.3, 0.4) is 0 Å². The predicted molar refractivity (Wildman–Crippen MR) is 88.6 cm³/mol. The first kappa shape index (κ1) is 16.0. The van der Waals surface area contributed by atoms with Gasteiger partial charge in [0.1, 0.15) is 0 Å².